The average Bonchev–Trinajstić information content (AvgIpc) is 3.07. The third kappa shape index (κ3) is 3.43. The van der Waals surface area contributed by atoms with Gasteiger partial charge in [-0.1, -0.05) is 11.6 Å². The second kappa shape index (κ2) is 7.09. The fraction of sp³-hybridized carbons (Fsp3) is 0.263. The molecule has 7 nitrogen and oxygen atoms in total. The summed E-state index contributed by atoms with van der Waals surface area (Å²) in [5.41, 5.74) is 2.55. The summed E-state index contributed by atoms with van der Waals surface area (Å²) in [6.07, 6.45) is 4.98. The van der Waals surface area contributed by atoms with E-state index in [1.165, 1.54) is 0 Å². The van der Waals surface area contributed by atoms with E-state index in [4.69, 9.17) is 11.6 Å². The average molecular weight is 383 g/mol. The molecule has 4 rings (SSSR count). The van der Waals surface area contributed by atoms with Crippen molar-refractivity contribution in [3.05, 3.63) is 59.6 Å². The first-order valence-corrected chi connectivity index (χ1v) is 8.99. The lowest BCUT2D eigenvalue weighted by molar-refractivity contribution is 0.0393. The second-order valence-electron chi connectivity index (χ2n) is 6.73. The number of aromatic nitrogens is 4. The molecule has 1 aliphatic rings. The van der Waals surface area contributed by atoms with Gasteiger partial charge >= 0.3 is 0 Å². The van der Waals surface area contributed by atoms with E-state index < -0.39 is 0 Å². The van der Waals surface area contributed by atoms with E-state index in [2.05, 4.69) is 20.0 Å². The molecule has 0 aromatic carbocycles. The normalized spacial score (nSPS) is 14.4. The van der Waals surface area contributed by atoms with Gasteiger partial charge in [0.05, 0.1) is 28.3 Å². The lowest BCUT2D eigenvalue weighted by Crippen LogP contribution is -2.59. The van der Waals surface area contributed by atoms with Crippen LogP contribution in [0.15, 0.2) is 48.9 Å². The zero-order chi connectivity index (χ0) is 19.0. The standard InChI is InChI=1S/C19H19ClN6O/c1-24(2)15-11-25(12-15)19(27)17-8-18(16-6-5-13(20)9-22-16)26(23-17)14-4-3-7-21-10-14/h3-10,15H,11-12H2,1-2H3. The van der Waals surface area contributed by atoms with Crippen molar-refractivity contribution in [2.24, 2.45) is 0 Å². The van der Waals surface area contributed by atoms with E-state index in [9.17, 15) is 4.79 Å². The molecule has 138 valence electrons. The van der Waals surface area contributed by atoms with E-state index >= 15 is 0 Å². The van der Waals surface area contributed by atoms with Gasteiger partial charge in [0.15, 0.2) is 5.69 Å². The number of nitrogens with zero attached hydrogens (tertiary/aromatic N) is 6. The molecule has 0 N–H and O–H groups in total. The molecule has 3 aromatic heterocycles. The molecular formula is C19H19ClN6O. The van der Waals surface area contributed by atoms with Gasteiger partial charge in [0.2, 0.25) is 0 Å². The summed E-state index contributed by atoms with van der Waals surface area (Å²) >= 11 is 5.96. The third-order valence-corrected chi connectivity index (χ3v) is 4.91. The van der Waals surface area contributed by atoms with Crippen molar-refractivity contribution in [1.29, 1.82) is 0 Å². The first-order valence-electron chi connectivity index (χ1n) is 8.61. The fourth-order valence-corrected chi connectivity index (χ4v) is 3.09. The van der Waals surface area contributed by atoms with Crippen LogP contribution in [0.1, 0.15) is 10.5 Å². The van der Waals surface area contributed by atoms with E-state index in [-0.39, 0.29) is 5.91 Å². The number of hydrogen-bond acceptors (Lipinski definition) is 5. The van der Waals surface area contributed by atoms with Gasteiger partial charge < -0.3 is 9.80 Å². The van der Waals surface area contributed by atoms with Gasteiger partial charge in [-0.25, -0.2) is 4.68 Å². The van der Waals surface area contributed by atoms with Crippen LogP contribution in [0.5, 0.6) is 0 Å². The monoisotopic (exact) mass is 382 g/mol. The molecule has 1 saturated heterocycles. The molecule has 27 heavy (non-hydrogen) atoms. The molecule has 0 bridgehead atoms. The van der Waals surface area contributed by atoms with Crippen molar-refractivity contribution < 1.29 is 4.79 Å². The molecule has 0 spiro atoms. The summed E-state index contributed by atoms with van der Waals surface area (Å²) in [6.45, 7) is 1.42. The number of carbonyl (C=O) groups is 1. The molecule has 0 radical (unpaired) electrons. The predicted molar refractivity (Wildman–Crippen MR) is 103 cm³/mol. The Morgan fingerprint density at radius 2 is 2.04 bits per heavy atom. The summed E-state index contributed by atoms with van der Waals surface area (Å²) < 4.78 is 1.69. The van der Waals surface area contributed by atoms with Gasteiger partial charge in [0, 0.05) is 31.5 Å². The molecule has 0 atom stereocenters. The van der Waals surface area contributed by atoms with E-state index in [1.807, 2.05) is 32.3 Å². The largest absolute Gasteiger partial charge is 0.334 e. The molecule has 1 aliphatic heterocycles. The zero-order valence-corrected chi connectivity index (χ0v) is 15.8. The molecule has 0 aliphatic carbocycles. The second-order valence-corrected chi connectivity index (χ2v) is 7.16. The van der Waals surface area contributed by atoms with Crippen LogP contribution in [0.25, 0.3) is 17.1 Å². The van der Waals surface area contributed by atoms with Gasteiger partial charge in [0.25, 0.3) is 5.91 Å². The SMILES string of the molecule is CN(C)C1CN(C(=O)c2cc(-c3ccc(Cl)cn3)n(-c3cccnc3)n2)C1. The van der Waals surface area contributed by atoms with E-state index in [0.29, 0.717) is 41.2 Å². The molecular weight excluding hydrogens is 364 g/mol. The topological polar surface area (TPSA) is 67.2 Å². The van der Waals surface area contributed by atoms with Crippen molar-refractivity contribution in [3.63, 3.8) is 0 Å². The fourth-order valence-electron chi connectivity index (χ4n) is 2.98. The number of hydrogen-bond donors (Lipinski definition) is 0. The maximum absolute atomic E-state index is 12.9. The van der Waals surface area contributed by atoms with Gasteiger partial charge in [-0.3, -0.25) is 14.8 Å². The first kappa shape index (κ1) is 17.6. The smallest absolute Gasteiger partial charge is 0.274 e. The number of rotatable bonds is 4. The number of likely N-dealkylation sites (tertiary alicyclic amines) is 1. The zero-order valence-electron chi connectivity index (χ0n) is 15.1. The Morgan fingerprint density at radius 3 is 2.67 bits per heavy atom. The van der Waals surface area contributed by atoms with Crippen molar-refractivity contribution in [1.82, 2.24) is 29.5 Å². The van der Waals surface area contributed by atoms with E-state index in [1.54, 1.807) is 40.3 Å². The van der Waals surface area contributed by atoms with Crippen LogP contribution in [-0.2, 0) is 0 Å². The van der Waals surface area contributed by atoms with Crippen LogP contribution >= 0.6 is 11.6 Å². The highest BCUT2D eigenvalue weighted by atomic mass is 35.5. The first-order chi connectivity index (χ1) is 13.0. The minimum atomic E-state index is -0.0778. The van der Waals surface area contributed by atoms with E-state index in [0.717, 1.165) is 5.69 Å². The molecule has 0 unspecified atom stereocenters. The van der Waals surface area contributed by atoms with Crippen molar-refractivity contribution in [3.8, 4) is 17.1 Å². The van der Waals surface area contributed by atoms with Gasteiger partial charge in [-0.15, -0.1) is 0 Å². The Kier molecular flexibility index (Phi) is 4.63. The predicted octanol–water partition coefficient (Wildman–Crippen LogP) is 2.37. The number of amides is 1. The molecule has 0 saturated carbocycles. The lowest BCUT2D eigenvalue weighted by atomic mass is 10.1. The summed E-state index contributed by atoms with van der Waals surface area (Å²) in [7, 11) is 4.04. The summed E-state index contributed by atoms with van der Waals surface area (Å²) in [6, 6.07) is 9.46. The number of pyridine rings is 2. The minimum Gasteiger partial charge on any atom is -0.334 e. The van der Waals surface area contributed by atoms with Crippen molar-refractivity contribution >= 4 is 17.5 Å². The van der Waals surface area contributed by atoms with Crippen LogP contribution in [0.4, 0.5) is 0 Å². The molecule has 4 heterocycles. The van der Waals surface area contributed by atoms with Gasteiger partial charge in [-0.05, 0) is 44.4 Å². The number of likely N-dealkylation sites (N-methyl/N-ethyl adjacent to an activating group) is 1. The maximum Gasteiger partial charge on any atom is 0.274 e. The summed E-state index contributed by atoms with van der Waals surface area (Å²) in [4.78, 5) is 25.3. The molecule has 1 amide bonds. The highest BCUT2D eigenvalue weighted by Gasteiger charge is 2.34. The Morgan fingerprint density at radius 1 is 1.22 bits per heavy atom. The van der Waals surface area contributed by atoms with Gasteiger partial charge in [-0.2, -0.15) is 5.10 Å². The molecule has 3 aromatic rings. The molecule has 8 heteroatoms. The highest BCUT2D eigenvalue weighted by molar-refractivity contribution is 6.30. The molecule has 1 fully saturated rings. The Balaban J connectivity index is 1.70. The summed E-state index contributed by atoms with van der Waals surface area (Å²) in [5, 5.41) is 5.10. The number of carbonyl (C=O) groups excluding carboxylic acids is 1. The summed E-state index contributed by atoms with van der Waals surface area (Å²) in [5.74, 6) is -0.0778. The Hall–Kier alpha value is -2.77. The van der Waals surface area contributed by atoms with Crippen LogP contribution in [0.3, 0.4) is 0 Å². The Labute approximate surface area is 162 Å². The lowest BCUT2D eigenvalue weighted by Gasteiger charge is -2.42. The number of halogens is 1. The Bertz CT molecular complexity index is 948. The van der Waals surface area contributed by atoms with Gasteiger partial charge in [0.1, 0.15) is 0 Å². The third-order valence-electron chi connectivity index (χ3n) is 4.69. The van der Waals surface area contributed by atoms with Crippen LogP contribution in [-0.4, -0.2) is 68.7 Å². The van der Waals surface area contributed by atoms with Crippen LogP contribution < -0.4 is 0 Å². The van der Waals surface area contributed by atoms with Crippen LogP contribution in [0, 0.1) is 0 Å². The maximum atomic E-state index is 12.9. The minimum absolute atomic E-state index is 0.0778. The quantitative estimate of drug-likeness (QED) is 0.693. The van der Waals surface area contributed by atoms with Crippen molar-refractivity contribution in [2.75, 3.05) is 27.2 Å². The van der Waals surface area contributed by atoms with Crippen molar-refractivity contribution in [2.45, 2.75) is 6.04 Å². The highest BCUT2D eigenvalue weighted by Crippen LogP contribution is 2.25. The van der Waals surface area contributed by atoms with Crippen LogP contribution in [0.2, 0.25) is 5.02 Å².